The number of aromatic nitrogens is 2. The number of aromatic amines is 1. The van der Waals surface area contributed by atoms with E-state index in [0.717, 1.165) is 33.5 Å². The highest BCUT2D eigenvalue weighted by molar-refractivity contribution is 5.90. The highest BCUT2D eigenvalue weighted by Gasteiger charge is 2.08. The zero-order valence-corrected chi connectivity index (χ0v) is 17.7. The van der Waals surface area contributed by atoms with Crippen molar-refractivity contribution < 1.29 is 4.74 Å². The molecule has 154 valence electrons. The molecular formula is C28H21N3O. The van der Waals surface area contributed by atoms with Crippen molar-refractivity contribution in [1.29, 1.82) is 5.26 Å². The zero-order chi connectivity index (χ0) is 21.9. The first kappa shape index (κ1) is 19.6. The molecule has 0 saturated carbocycles. The van der Waals surface area contributed by atoms with Crippen LogP contribution < -0.4 is 4.74 Å². The zero-order valence-electron chi connectivity index (χ0n) is 17.7. The first-order valence-corrected chi connectivity index (χ1v) is 10.5. The maximum Gasteiger partial charge on any atom is 0.149 e. The van der Waals surface area contributed by atoms with E-state index in [-0.39, 0.29) is 0 Å². The number of benzene rings is 4. The van der Waals surface area contributed by atoms with Gasteiger partial charge in [0.2, 0.25) is 0 Å². The fraction of sp³-hybridized carbons (Fsp3) is 0.0714. The van der Waals surface area contributed by atoms with E-state index in [1.54, 1.807) is 0 Å². The number of nitrogens with one attached hydrogen (secondary N) is 1. The second-order valence-electron chi connectivity index (χ2n) is 7.82. The molecule has 4 heteroatoms. The van der Waals surface area contributed by atoms with Gasteiger partial charge in [-0.2, -0.15) is 5.26 Å². The molecule has 0 aliphatic rings. The predicted molar refractivity (Wildman–Crippen MR) is 129 cm³/mol. The summed E-state index contributed by atoms with van der Waals surface area (Å²) < 4.78 is 5.96. The second kappa shape index (κ2) is 8.41. The average Bonchev–Trinajstić information content (AvgIpc) is 3.24. The molecule has 0 atom stereocenters. The van der Waals surface area contributed by atoms with Crippen LogP contribution in [0.5, 0.6) is 5.75 Å². The van der Waals surface area contributed by atoms with Gasteiger partial charge in [-0.3, -0.25) is 0 Å². The lowest BCUT2D eigenvalue weighted by molar-refractivity contribution is 0.306. The van der Waals surface area contributed by atoms with Gasteiger partial charge in [-0.15, -0.1) is 0 Å². The van der Waals surface area contributed by atoms with E-state index in [1.165, 1.54) is 10.8 Å². The summed E-state index contributed by atoms with van der Waals surface area (Å²) in [5.74, 6) is 1.36. The van der Waals surface area contributed by atoms with Crippen LogP contribution in [0.3, 0.4) is 0 Å². The van der Waals surface area contributed by atoms with Crippen molar-refractivity contribution in [2.45, 2.75) is 13.5 Å². The minimum Gasteiger partial charge on any atom is -0.489 e. The van der Waals surface area contributed by atoms with Gasteiger partial charge in [0, 0.05) is 0 Å². The predicted octanol–water partition coefficient (Wildman–Crippen LogP) is 6.67. The molecule has 32 heavy (non-hydrogen) atoms. The topological polar surface area (TPSA) is 61.7 Å². The van der Waals surface area contributed by atoms with Gasteiger partial charge in [0.15, 0.2) is 0 Å². The number of H-pyrrole nitrogens is 1. The summed E-state index contributed by atoms with van der Waals surface area (Å²) in [5, 5.41) is 12.1. The molecule has 0 spiro atoms. The standard InChI is InChI=1S/C28H21N3O/c1-19-6-13-26-27(14-19)31-28(30-26)24(17-29)15-20-8-11-25(12-9-20)32-18-21-7-10-22-4-2-3-5-23(22)16-21/h2-16H,18H2,1H3,(H,30,31). The van der Waals surface area contributed by atoms with Crippen molar-refractivity contribution in [3.05, 3.63) is 107 Å². The third-order valence-electron chi connectivity index (χ3n) is 5.42. The van der Waals surface area contributed by atoms with Crippen LogP contribution in [0.4, 0.5) is 0 Å². The number of ether oxygens (including phenoxy) is 1. The van der Waals surface area contributed by atoms with E-state index in [1.807, 2.05) is 67.6 Å². The lowest BCUT2D eigenvalue weighted by Crippen LogP contribution is -1.95. The van der Waals surface area contributed by atoms with Crippen LogP contribution in [0.15, 0.2) is 84.9 Å². The summed E-state index contributed by atoms with van der Waals surface area (Å²) in [4.78, 5) is 7.80. The quantitative estimate of drug-likeness (QED) is 0.326. The molecule has 4 aromatic carbocycles. The molecule has 1 N–H and O–H groups in total. The highest BCUT2D eigenvalue weighted by Crippen LogP contribution is 2.22. The van der Waals surface area contributed by atoms with Gasteiger partial charge in [-0.25, -0.2) is 4.98 Å². The first-order valence-electron chi connectivity index (χ1n) is 10.5. The fourth-order valence-corrected chi connectivity index (χ4v) is 3.73. The van der Waals surface area contributed by atoms with Crippen molar-refractivity contribution in [2.75, 3.05) is 0 Å². The Morgan fingerprint density at radius 1 is 0.969 bits per heavy atom. The number of hydrogen-bond acceptors (Lipinski definition) is 3. The van der Waals surface area contributed by atoms with Crippen LogP contribution in [0.2, 0.25) is 0 Å². The molecule has 5 aromatic rings. The normalized spacial score (nSPS) is 11.6. The maximum absolute atomic E-state index is 9.66. The number of nitrogens with zero attached hydrogens (tertiary/aromatic N) is 2. The van der Waals surface area contributed by atoms with Crippen LogP contribution in [0.25, 0.3) is 33.5 Å². The molecule has 1 aromatic heterocycles. The average molecular weight is 415 g/mol. The fourth-order valence-electron chi connectivity index (χ4n) is 3.73. The number of allylic oxidation sites excluding steroid dienone is 1. The third-order valence-corrected chi connectivity index (χ3v) is 5.42. The summed E-state index contributed by atoms with van der Waals surface area (Å²) >= 11 is 0. The summed E-state index contributed by atoms with van der Waals surface area (Å²) in [6.45, 7) is 2.53. The van der Waals surface area contributed by atoms with E-state index >= 15 is 0 Å². The Morgan fingerprint density at radius 3 is 2.59 bits per heavy atom. The lowest BCUT2D eigenvalue weighted by atomic mass is 10.1. The van der Waals surface area contributed by atoms with Crippen molar-refractivity contribution in [3.8, 4) is 11.8 Å². The van der Waals surface area contributed by atoms with Crippen LogP contribution in [-0.4, -0.2) is 9.97 Å². The van der Waals surface area contributed by atoms with Gasteiger partial charge in [-0.1, -0.05) is 54.6 Å². The molecule has 0 aliphatic heterocycles. The number of imidazole rings is 1. The number of aryl methyl sites for hydroxylation is 1. The Kier molecular flexibility index (Phi) is 5.15. The smallest absolute Gasteiger partial charge is 0.149 e. The largest absolute Gasteiger partial charge is 0.489 e. The van der Waals surface area contributed by atoms with Gasteiger partial charge in [0.1, 0.15) is 24.3 Å². The number of hydrogen-bond donors (Lipinski definition) is 1. The molecule has 0 amide bonds. The van der Waals surface area contributed by atoms with Gasteiger partial charge in [0.05, 0.1) is 16.6 Å². The van der Waals surface area contributed by atoms with Crippen LogP contribution in [0.1, 0.15) is 22.5 Å². The highest BCUT2D eigenvalue weighted by atomic mass is 16.5. The number of fused-ring (bicyclic) bond motifs is 2. The van der Waals surface area contributed by atoms with Crippen LogP contribution in [-0.2, 0) is 6.61 Å². The first-order chi connectivity index (χ1) is 15.7. The molecule has 5 rings (SSSR count). The number of nitriles is 1. The summed E-state index contributed by atoms with van der Waals surface area (Å²) in [6.07, 6.45) is 1.83. The van der Waals surface area contributed by atoms with Gasteiger partial charge < -0.3 is 9.72 Å². The summed E-state index contributed by atoms with van der Waals surface area (Å²) in [7, 11) is 0. The maximum atomic E-state index is 9.66. The van der Waals surface area contributed by atoms with Gasteiger partial charge >= 0.3 is 0 Å². The Balaban J connectivity index is 1.31. The van der Waals surface area contributed by atoms with E-state index in [9.17, 15) is 5.26 Å². The second-order valence-corrected chi connectivity index (χ2v) is 7.82. The van der Waals surface area contributed by atoms with E-state index in [2.05, 4.69) is 46.4 Å². The molecule has 0 unspecified atom stereocenters. The van der Waals surface area contributed by atoms with Gasteiger partial charge in [0.25, 0.3) is 0 Å². The van der Waals surface area contributed by atoms with Crippen LogP contribution in [0, 0.1) is 18.3 Å². The Bertz CT molecular complexity index is 1490. The monoisotopic (exact) mass is 415 g/mol. The molecule has 1 heterocycles. The summed E-state index contributed by atoms with van der Waals surface area (Å²) in [6, 6.07) is 30.6. The third kappa shape index (κ3) is 4.10. The van der Waals surface area contributed by atoms with Crippen molar-refractivity contribution in [3.63, 3.8) is 0 Å². The minimum absolute atomic E-state index is 0.490. The minimum atomic E-state index is 0.490. The Labute approximate surface area is 186 Å². The molecule has 0 aliphatic carbocycles. The Hall–Kier alpha value is -4.36. The molecule has 0 bridgehead atoms. The van der Waals surface area contributed by atoms with Crippen molar-refractivity contribution in [2.24, 2.45) is 0 Å². The van der Waals surface area contributed by atoms with Crippen molar-refractivity contribution >= 4 is 33.5 Å². The molecule has 0 fully saturated rings. The molecule has 0 radical (unpaired) electrons. The molecule has 4 nitrogen and oxygen atoms in total. The molecule has 0 saturated heterocycles. The summed E-state index contributed by atoms with van der Waals surface area (Å²) in [5.41, 5.74) is 5.46. The van der Waals surface area contributed by atoms with Crippen LogP contribution >= 0.6 is 0 Å². The van der Waals surface area contributed by atoms with E-state index in [0.29, 0.717) is 18.0 Å². The van der Waals surface area contributed by atoms with E-state index < -0.39 is 0 Å². The van der Waals surface area contributed by atoms with Gasteiger partial charge in [-0.05, 0) is 70.8 Å². The van der Waals surface area contributed by atoms with Crippen molar-refractivity contribution in [1.82, 2.24) is 9.97 Å². The Morgan fingerprint density at radius 2 is 1.78 bits per heavy atom. The van der Waals surface area contributed by atoms with E-state index in [4.69, 9.17) is 4.74 Å². The molecular weight excluding hydrogens is 394 g/mol. The lowest BCUT2D eigenvalue weighted by Gasteiger charge is -2.08. The SMILES string of the molecule is Cc1ccc2nc(C(C#N)=Cc3ccc(OCc4ccc5ccccc5c4)cc3)[nH]c2c1. The number of rotatable bonds is 5.